The highest BCUT2D eigenvalue weighted by Crippen LogP contribution is 2.07. The van der Waals surface area contributed by atoms with Crippen LogP contribution in [0.2, 0.25) is 0 Å². The Labute approximate surface area is 107 Å². The van der Waals surface area contributed by atoms with Crippen LogP contribution in [0.1, 0.15) is 45.4 Å². The van der Waals surface area contributed by atoms with Crippen LogP contribution in [-0.2, 0) is 0 Å². The Balaban J connectivity index is 3.46. The molecule has 0 aliphatic heterocycles. The molecule has 0 aromatic rings. The Morgan fingerprint density at radius 1 is 1.27 bits per heavy atom. The topological polar surface area (TPSA) is 20.3 Å². The average molecular weight is 321 g/mol. The summed E-state index contributed by atoms with van der Waals surface area (Å²) in [6.07, 6.45) is 12.6. The molecule has 0 fully saturated rings. The van der Waals surface area contributed by atoms with Crippen molar-refractivity contribution in [3.63, 3.8) is 0 Å². The quantitative estimate of drug-likeness (QED) is 0.219. The Morgan fingerprint density at radius 2 is 1.87 bits per heavy atom. The van der Waals surface area contributed by atoms with Crippen LogP contribution in [0.15, 0.2) is 0 Å². The van der Waals surface area contributed by atoms with E-state index in [-0.39, 0.29) is 3.91 Å². The average Bonchev–Trinajstić information content (AvgIpc) is 2.21. The molecule has 0 heterocycles. The Kier molecular flexibility index (Phi) is 10.1. The van der Waals surface area contributed by atoms with E-state index < -0.39 is 0 Å². The summed E-state index contributed by atoms with van der Waals surface area (Å²) in [4.78, 5) is 12.8. The number of hydrogen-bond donors (Lipinski definition) is 0. The molecule has 15 heavy (non-hydrogen) atoms. The van der Waals surface area contributed by atoms with Gasteiger partial charge >= 0.3 is 0 Å². The zero-order valence-corrected chi connectivity index (χ0v) is 11.6. The van der Waals surface area contributed by atoms with E-state index in [2.05, 4.69) is 12.8 Å². The second-order valence-corrected chi connectivity index (χ2v) is 4.57. The van der Waals surface area contributed by atoms with E-state index in [1.54, 1.807) is 27.5 Å². The monoisotopic (exact) mass is 321 g/mol. The van der Waals surface area contributed by atoms with Gasteiger partial charge in [-0.2, -0.15) is 0 Å². The van der Waals surface area contributed by atoms with Gasteiger partial charge in [0.2, 0.25) is 0 Å². The van der Waals surface area contributed by atoms with Crippen molar-refractivity contribution in [3.05, 3.63) is 0 Å². The first-order chi connectivity index (χ1) is 7.22. The summed E-state index contributed by atoms with van der Waals surface area (Å²) in [7, 11) is 0. The summed E-state index contributed by atoms with van der Waals surface area (Å²) < 4.78 is 0.0547. The molecule has 0 saturated heterocycles. The van der Waals surface area contributed by atoms with Crippen molar-refractivity contribution in [2.24, 2.45) is 0 Å². The number of carbonyl (C=O) groups excluding carboxylic acids is 1. The maximum absolute atomic E-state index is 11.1. The molecule has 2 nitrogen and oxygen atoms in total. The molecular formula is C12H20INO. The third-order valence-corrected chi connectivity index (χ3v) is 2.99. The third-order valence-electron chi connectivity index (χ3n) is 2.31. The predicted octanol–water partition coefficient (Wildman–Crippen LogP) is 3.84. The highest BCUT2D eigenvalue weighted by atomic mass is 127. The summed E-state index contributed by atoms with van der Waals surface area (Å²) in [6.45, 7) is 3.46. The van der Waals surface area contributed by atoms with E-state index in [0.717, 1.165) is 13.0 Å². The van der Waals surface area contributed by atoms with Crippen LogP contribution in [0.3, 0.4) is 0 Å². The van der Waals surface area contributed by atoms with Crippen molar-refractivity contribution in [1.29, 1.82) is 0 Å². The lowest BCUT2D eigenvalue weighted by Gasteiger charge is -2.16. The van der Waals surface area contributed by atoms with Crippen LogP contribution < -0.4 is 0 Å². The molecule has 86 valence electrons. The normalized spacial score (nSPS) is 9.67. The molecule has 0 N–H and O–H groups in total. The molecular weight excluding hydrogens is 301 g/mol. The van der Waals surface area contributed by atoms with Gasteiger partial charge < -0.3 is 4.90 Å². The van der Waals surface area contributed by atoms with Gasteiger partial charge in [0, 0.05) is 29.1 Å². The zero-order chi connectivity index (χ0) is 11.5. The molecule has 0 aliphatic carbocycles. The molecule has 0 radical (unpaired) electrons. The van der Waals surface area contributed by atoms with Crippen LogP contribution in [0.4, 0.5) is 4.79 Å². The van der Waals surface area contributed by atoms with Gasteiger partial charge in [0.25, 0.3) is 3.91 Å². The Morgan fingerprint density at radius 3 is 2.40 bits per heavy atom. The maximum atomic E-state index is 11.1. The van der Waals surface area contributed by atoms with Crippen LogP contribution in [0.5, 0.6) is 0 Å². The number of unbranched alkanes of at least 4 members (excludes halogenated alkanes) is 5. The number of terminal acetylenes is 1. The summed E-state index contributed by atoms with van der Waals surface area (Å²) in [6, 6.07) is 0. The minimum absolute atomic E-state index is 0.0547. The third kappa shape index (κ3) is 8.73. The molecule has 0 aliphatic rings. The van der Waals surface area contributed by atoms with Crippen molar-refractivity contribution in [1.82, 2.24) is 4.90 Å². The molecule has 0 saturated carbocycles. The second kappa shape index (κ2) is 10.3. The Hall–Kier alpha value is -0.240. The lowest BCUT2D eigenvalue weighted by Crippen LogP contribution is -2.27. The standard InChI is InChI=1S/C12H20INO/c1-3-5-6-7-8-9-11-14(10-4-2)12(13)15/h2H,3,5-11H2,1H3. The molecule has 1 amide bonds. The van der Waals surface area contributed by atoms with E-state index in [4.69, 9.17) is 6.42 Å². The predicted molar refractivity (Wildman–Crippen MR) is 73.2 cm³/mol. The van der Waals surface area contributed by atoms with Crippen molar-refractivity contribution < 1.29 is 4.79 Å². The first kappa shape index (κ1) is 14.8. The molecule has 0 atom stereocenters. The highest BCUT2D eigenvalue weighted by Gasteiger charge is 2.06. The molecule has 0 unspecified atom stereocenters. The molecule has 0 bridgehead atoms. The van der Waals surface area contributed by atoms with Crippen LogP contribution >= 0.6 is 22.6 Å². The summed E-state index contributed by atoms with van der Waals surface area (Å²) in [5.41, 5.74) is 0. The largest absolute Gasteiger partial charge is 0.323 e. The van der Waals surface area contributed by atoms with Gasteiger partial charge in [-0.05, 0) is 6.42 Å². The zero-order valence-electron chi connectivity index (χ0n) is 9.47. The van der Waals surface area contributed by atoms with Gasteiger partial charge in [0.1, 0.15) is 0 Å². The van der Waals surface area contributed by atoms with Gasteiger partial charge in [-0.15, -0.1) is 6.42 Å². The number of nitrogens with zero attached hydrogens (tertiary/aromatic N) is 1. The smallest absolute Gasteiger partial charge is 0.283 e. The first-order valence-corrected chi connectivity index (χ1v) is 6.68. The van der Waals surface area contributed by atoms with Gasteiger partial charge in [-0.25, -0.2) is 0 Å². The summed E-state index contributed by atoms with van der Waals surface area (Å²) in [5.74, 6) is 2.51. The van der Waals surface area contributed by atoms with Gasteiger partial charge in [0.15, 0.2) is 0 Å². The fourth-order valence-electron chi connectivity index (χ4n) is 1.42. The Bertz CT molecular complexity index is 210. The van der Waals surface area contributed by atoms with Gasteiger partial charge in [-0.1, -0.05) is 44.9 Å². The van der Waals surface area contributed by atoms with Crippen molar-refractivity contribution in [2.75, 3.05) is 13.1 Å². The van der Waals surface area contributed by atoms with Gasteiger partial charge in [-0.3, -0.25) is 4.79 Å². The maximum Gasteiger partial charge on any atom is 0.283 e. The lowest BCUT2D eigenvalue weighted by atomic mass is 10.1. The van der Waals surface area contributed by atoms with Crippen LogP contribution in [0.25, 0.3) is 0 Å². The highest BCUT2D eigenvalue weighted by molar-refractivity contribution is 14.1. The fraction of sp³-hybridized carbons (Fsp3) is 0.750. The SMILES string of the molecule is C#CCN(CCCCCCCC)C(=O)I. The van der Waals surface area contributed by atoms with E-state index in [0.29, 0.717) is 6.54 Å². The minimum atomic E-state index is 0.0547. The summed E-state index contributed by atoms with van der Waals surface area (Å²) in [5, 5.41) is 0. The van der Waals surface area contributed by atoms with E-state index in [1.807, 2.05) is 0 Å². The van der Waals surface area contributed by atoms with Gasteiger partial charge in [0.05, 0.1) is 6.54 Å². The second-order valence-electron chi connectivity index (χ2n) is 3.65. The van der Waals surface area contributed by atoms with Crippen LogP contribution in [-0.4, -0.2) is 21.9 Å². The first-order valence-electron chi connectivity index (χ1n) is 5.60. The van der Waals surface area contributed by atoms with Crippen molar-refractivity contribution in [2.45, 2.75) is 45.4 Å². The lowest BCUT2D eigenvalue weighted by molar-refractivity contribution is 0.231. The fourth-order valence-corrected chi connectivity index (χ4v) is 1.83. The van der Waals surface area contributed by atoms with E-state index in [1.165, 1.54) is 32.1 Å². The van der Waals surface area contributed by atoms with Crippen molar-refractivity contribution in [3.8, 4) is 12.3 Å². The molecule has 0 spiro atoms. The molecule has 0 rings (SSSR count). The minimum Gasteiger partial charge on any atom is -0.323 e. The number of halogens is 1. The summed E-state index contributed by atoms with van der Waals surface area (Å²) >= 11 is 1.79. The van der Waals surface area contributed by atoms with Crippen LogP contribution in [0, 0.1) is 12.3 Å². The van der Waals surface area contributed by atoms with E-state index in [9.17, 15) is 4.79 Å². The number of amides is 1. The number of rotatable bonds is 8. The molecule has 0 aromatic heterocycles. The number of hydrogen-bond acceptors (Lipinski definition) is 1. The number of carbonyl (C=O) groups is 1. The molecule has 3 heteroatoms. The van der Waals surface area contributed by atoms with Crippen molar-refractivity contribution >= 4 is 26.5 Å². The molecule has 0 aromatic carbocycles. The van der Waals surface area contributed by atoms with E-state index >= 15 is 0 Å².